The molecule has 1 N–H and O–H groups in total. The predicted octanol–water partition coefficient (Wildman–Crippen LogP) is 3.17. The molecule has 2 aromatic rings. The largest absolute Gasteiger partial charge is 0.483 e. The average molecular weight is 321 g/mol. The summed E-state index contributed by atoms with van der Waals surface area (Å²) in [5.41, 5.74) is 1.12. The molecule has 19 heavy (non-hydrogen) atoms. The number of ether oxygens (including phenoxy) is 1. The summed E-state index contributed by atoms with van der Waals surface area (Å²) in [6.07, 6.45) is 1.62. The number of pyridine rings is 1. The molecule has 0 bridgehead atoms. The van der Waals surface area contributed by atoms with Crippen molar-refractivity contribution in [3.05, 3.63) is 52.6 Å². The molecule has 0 spiro atoms. The Morgan fingerprint density at radius 3 is 2.89 bits per heavy atom. The van der Waals surface area contributed by atoms with Crippen molar-refractivity contribution in [3.63, 3.8) is 0 Å². The lowest BCUT2D eigenvalue weighted by atomic mass is 10.2. The van der Waals surface area contributed by atoms with Crippen LogP contribution in [0.25, 0.3) is 0 Å². The van der Waals surface area contributed by atoms with Crippen LogP contribution in [0.2, 0.25) is 0 Å². The first-order valence-electron chi connectivity index (χ1n) is 5.75. The van der Waals surface area contributed by atoms with Gasteiger partial charge in [-0.1, -0.05) is 12.1 Å². The molecule has 0 atom stereocenters. The fourth-order valence-electron chi connectivity index (χ4n) is 1.48. The van der Waals surface area contributed by atoms with E-state index in [1.807, 2.05) is 25.1 Å². The number of nitrogens with one attached hydrogen (secondary N) is 1. The number of aryl methyl sites for hydroxylation is 1. The van der Waals surface area contributed by atoms with Crippen molar-refractivity contribution < 1.29 is 9.53 Å². The van der Waals surface area contributed by atoms with Crippen LogP contribution in [0.3, 0.4) is 0 Å². The molecule has 0 aliphatic rings. The molecular weight excluding hydrogens is 308 g/mol. The van der Waals surface area contributed by atoms with Gasteiger partial charge in [-0.05, 0) is 52.7 Å². The molecule has 0 radical (unpaired) electrons. The van der Waals surface area contributed by atoms with E-state index in [-0.39, 0.29) is 12.5 Å². The number of benzene rings is 1. The van der Waals surface area contributed by atoms with Crippen molar-refractivity contribution in [1.82, 2.24) is 4.98 Å². The molecule has 1 aromatic carbocycles. The molecule has 1 heterocycles. The van der Waals surface area contributed by atoms with E-state index in [0.29, 0.717) is 11.6 Å². The van der Waals surface area contributed by atoms with E-state index in [1.54, 1.807) is 24.4 Å². The minimum absolute atomic E-state index is 0.0573. The molecule has 0 unspecified atom stereocenters. The van der Waals surface area contributed by atoms with Crippen molar-refractivity contribution in [3.8, 4) is 5.75 Å². The number of carbonyl (C=O) groups is 1. The lowest BCUT2D eigenvalue weighted by molar-refractivity contribution is -0.118. The number of hydrogen-bond donors (Lipinski definition) is 1. The van der Waals surface area contributed by atoms with E-state index >= 15 is 0 Å². The third kappa shape index (κ3) is 4.06. The molecule has 1 amide bonds. The zero-order valence-electron chi connectivity index (χ0n) is 10.4. The Morgan fingerprint density at radius 1 is 1.37 bits per heavy atom. The smallest absolute Gasteiger partial charge is 0.263 e. The number of halogens is 1. The van der Waals surface area contributed by atoms with Crippen LogP contribution in [-0.4, -0.2) is 17.5 Å². The van der Waals surface area contributed by atoms with Crippen molar-refractivity contribution in [2.75, 3.05) is 11.9 Å². The second-order valence-corrected chi connectivity index (χ2v) is 4.84. The number of amides is 1. The van der Waals surface area contributed by atoms with Crippen molar-refractivity contribution in [1.29, 1.82) is 0 Å². The van der Waals surface area contributed by atoms with Gasteiger partial charge in [0.05, 0.1) is 4.47 Å². The van der Waals surface area contributed by atoms with Crippen LogP contribution >= 0.6 is 15.9 Å². The second-order valence-electron chi connectivity index (χ2n) is 3.99. The van der Waals surface area contributed by atoms with E-state index in [0.717, 1.165) is 10.0 Å². The summed E-state index contributed by atoms with van der Waals surface area (Å²) < 4.78 is 6.27. The number of hydrogen-bond acceptors (Lipinski definition) is 3. The quantitative estimate of drug-likeness (QED) is 0.941. The third-order valence-corrected chi connectivity index (χ3v) is 3.00. The molecular formula is C14H13BrN2O2. The molecule has 0 aliphatic heterocycles. The first kappa shape index (κ1) is 13.5. The predicted molar refractivity (Wildman–Crippen MR) is 77.2 cm³/mol. The van der Waals surface area contributed by atoms with Crippen LogP contribution in [0.15, 0.2) is 47.1 Å². The summed E-state index contributed by atoms with van der Waals surface area (Å²) in [7, 11) is 0. The minimum atomic E-state index is -0.244. The van der Waals surface area contributed by atoms with Crippen LogP contribution in [0.1, 0.15) is 5.56 Å². The Hall–Kier alpha value is -1.88. The number of rotatable bonds is 4. The van der Waals surface area contributed by atoms with Crippen molar-refractivity contribution in [2.45, 2.75) is 6.92 Å². The lowest BCUT2D eigenvalue weighted by Crippen LogP contribution is -2.20. The standard InChI is InChI=1S/C14H13BrN2O2/c1-10-5-6-12(11(15)8-10)19-9-14(18)17-13-4-2-3-7-16-13/h2-8H,9H2,1H3,(H,16,17,18). The average Bonchev–Trinajstić information content (AvgIpc) is 2.39. The highest BCUT2D eigenvalue weighted by Gasteiger charge is 2.06. The number of nitrogens with zero attached hydrogens (tertiary/aromatic N) is 1. The molecule has 5 heteroatoms. The summed E-state index contributed by atoms with van der Waals surface area (Å²) >= 11 is 3.40. The highest BCUT2D eigenvalue weighted by Crippen LogP contribution is 2.25. The van der Waals surface area contributed by atoms with E-state index in [9.17, 15) is 4.79 Å². The zero-order valence-corrected chi connectivity index (χ0v) is 12.0. The van der Waals surface area contributed by atoms with Gasteiger partial charge in [0.25, 0.3) is 5.91 Å². The van der Waals surface area contributed by atoms with Crippen molar-refractivity contribution in [2.24, 2.45) is 0 Å². The summed E-state index contributed by atoms with van der Waals surface area (Å²) in [5, 5.41) is 2.65. The fourth-order valence-corrected chi connectivity index (χ4v) is 2.09. The molecule has 1 aromatic heterocycles. The topological polar surface area (TPSA) is 51.2 Å². The summed E-state index contributed by atoms with van der Waals surface area (Å²) in [5.74, 6) is 0.909. The van der Waals surface area contributed by atoms with Gasteiger partial charge in [-0.25, -0.2) is 4.98 Å². The van der Waals surface area contributed by atoms with E-state index < -0.39 is 0 Å². The third-order valence-electron chi connectivity index (χ3n) is 2.38. The molecule has 0 saturated carbocycles. The van der Waals surface area contributed by atoms with Gasteiger partial charge < -0.3 is 10.1 Å². The van der Waals surface area contributed by atoms with Crippen LogP contribution in [0.4, 0.5) is 5.82 Å². The van der Waals surface area contributed by atoms with Gasteiger partial charge >= 0.3 is 0 Å². The van der Waals surface area contributed by atoms with E-state index in [2.05, 4.69) is 26.2 Å². The maximum atomic E-state index is 11.7. The first-order chi connectivity index (χ1) is 9.15. The maximum Gasteiger partial charge on any atom is 0.263 e. The van der Waals surface area contributed by atoms with Crippen LogP contribution in [0, 0.1) is 6.92 Å². The van der Waals surface area contributed by atoms with Gasteiger partial charge in [0.1, 0.15) is 11.6 Å². The highest BCUT2D eigenvalue weighted by molar-refractivity contribution is 9.10. The first-order valence-corrected chi connectivity index (χ1v) is 6.54. The van der Waals surface area contributed by atoms with Gasteiger partial charge in [-0.3, -0.25) is 4.79 Å². The van der Waals surface area contributed by atoms with Gasteiger partial charge in [0, 0.05) is 6.20 Å². The van der Waals surface area contributed by atoms with Gasteiger partial charge in [0.15, 0.2) is 6.61 Å². The molecule has 0 saturated heterocycles. The number of anilines is 1. The van der Waals surface area contributed by atoms with Gasteiger partial charge in [0.2, 0.25) is 0 Å². The normalized spacial score (nSPS) is 10.0. The monoisotopic (exact) mass is 320 g/mol. The number of carbonyl (C=O) groups excluding carboxylic acids is 1. The molecule has 0 aliphatic carbocycles. The molecule has 98 valence electrons. The fraction of sp³-hybridized carbons (Fsp3) is 0.143. The molecule has 2 rings (SSSR count). The lowest BCUT2D eigenvalue weighted by Gasteiger charge is -2.08. The van der Waals surface area contributed by atoms with Gasteiger partial charge in [-0.15, -0.1) is 0 Å². The summed E-state index contributed by atoms with van der Waals surface area (Å²) in [6, 6.07) is 11.0. The Bertz CT molecular complexity index is 573. The Morgan fingerprint density at radius 2 is 2.21 bits per heavy atom. The highest BCUT2D eigenvalue weighted by atomic mass is 79.9. The van der Waals surface area contributed by atoms with Gasteiger partial charge in [-0.2, -0.15) is 0 Å². The van der Waals surface area contributed by atoms with Crippen LogP contribution in [0.5, 0.6) is 5.75 Å². The Labute approximate surface area is 119 Å². The van der Waals surface area contributed by atoms with E-state index in [1.165, 1.54) is 0 Å². The number of aromatic nitrogens is 1. The SMILES string of the molecule is Cc1ccc(OCC(=O)Nc2ccccn2)c(Br)c1. The Balaban J connectivity index is 1.90. The van der Waals surface area contributed by atoms with Crippen LogP contribution < -0.4 is 10.1 Å². The summed E-state index contributed by atoms with van der Waals surface area (Å²) in [6.45, 7) is 1.93. The summed E-state index contributed by atoms with van der Waals surface area (Å²) in [4.78, 5) is 15.7. The zero-order chi connectivity index (χ0) is 13.7. The molecule has 0 fully saturated rings. The maximum absolute atomic E-state index is 11.7. The van der Waals surface area contributed by atoms with Crippen molar-refractivity contribution >= 4 is 27.7 Å². The van der Waals surface area contributed by atoms with E-state index in [4.69, 9.17) is 4.74 Å². The minimum Gasteiger partial charge on any atom is -0.483 e. The van der Waals surface area contributed by atoms with Crippen LogP contribution in [-0.2, 0) is 4.79 Å². The molecule has 4 nitrogen and oxygen atoms in total. The Kier molecular flexibility index (Phi) is 4.52. The second kappa shape index (κ2) is 6.33.